The third-order valence-corrected chi connectivity index (χ3v) is 6.95. The van der Waals surface area contributed by atoms with E-state index in [1.165, 1.54) is 59.6 Å². The van der Waals surface area contributed by atoms with Crippen molar-refractivity contribution in [1.82, 2.24) is 4.98 Å². The fourth-order valence-corrected chi connectivity index (χ4v) is 5.09. The van der Waals surface area contributed by atoms with E-state index in [1.807, 2.05) is 0 Å². The summed E-state index contributed by atoms with van der Waals surface area (Å²) < 4.78 is 52.0. The lowest BCUT2D eigenvalue weighted by atomic mass is 9.78. The molecule has 4 N–H and O–H groups in total. The fourth-order valence-electron chi connectivity index (χ4n) is 5.09. The van der Waals surface area contributed by atoms with Gasteiger partial charge in [-0.3, -0.25) is 4.79 Å². The highest BCUT2D eigenvalue weighted by atomic mass is 19.4. The Morgan fingerprint density at radius 3 is 2.21 bits per heavy atom. The Labute approximate surface area is 236 Å². The predicted octanol–water partition coefficient (Wildman–Crippen LogP) is 5.68. The quantitative estimate of drug-likeness (QED) is 0.249. The van der Waals surface area contributed by atoms with E-state index < -0.39 is 29.8 Å². The number of amides is 4. The lowest BCUT2D eigenvalue weighted by Crippen LogP contribution is -2.53. The first kappa shape index (κ1) is 28.4. The Morgan fingerprint density at radius 2 is 1.57 bits per heavy atom. The van der Waals surface area contributed by atoms with E-state index in [-0.39, 0.29) is 40.7 Å². The summed E-state index contributed by atoms with van der Waals surface area (Å²) in [5, 5.41) is 4.92. The summed E-state index contributed by atoms with van der Waals surface area (Å²) in [5.41, 5.74) is 3.63. The van der Waals surface area contributed by atoms with Crippen LogP contribution in [0.2, 0.25) is 0 Å². The molecule has 1 saturated carbocycles. The number of rotatable bonds is 6. The molecule has 3 heterocycles. The molecule has 2 aromatic carbocycles. The van der Waals surface area contributed by atoms with Gasteiger partial charge in [-0.05, 0) is 74.2 Å². The maximum atomic E-state index is 14.0. The number of nitrogens with two attached hydrogens (primary N) is 1. The van der Waals surface area contributed by atoms with Crippen molar-refractivity contribution in [1.29, 1.82) is 0 Å². The number of hydrogen-bond acceptors (Lipinski definition) is 7. The third kappa shape index (κ3) is 6.27. The minimum Gasteiger partial charge on any atom is -0.457 e. The van der Waals surface area contributed by atoms with Crippen LogP contribution in [-0.2, 0) is 15.7 Å². The minimum absolute atomic E-state index is 0.0958. The molecule has 14 heteroatoms. The first-order valence-electron chi connectivity index (χ1n) is 12.9. The van der Waals surface area contributed by atoms with Gasteiger partial charge < -0.3 is 30.7 Å². The van der Waals surface area contributed by atoms with E-state index in [9.17, 15) is 32.3 Å². The highest BCUT2D eigenvalue weighted by Gasteiger charge is 2.44. The first-order chi connectivity index (χ1) is 20.0. The average molecular weight is 584 g/mol. The summed E-state index contributed by atoms with van der Waals surface area (Å²) in [4.78, 5) is 52.9. The zero-order chi connectivity index (χ0) is 30.0. The van der Waals surface area contributed by atoms with Gasteiger partial charge in [0.15, 0.2) is 5.69 Å². The average Bonchev–Trinajstić information content (AvgIpc) is 2.94. The van der Waals surface area contributed by atoms with Crippen LogP contribution >= 0.6 is 0 Å². The molecule has 2 aliphatic heterocycles. The van der Waals surface area contributed by atoms with Crippen LogP contribution in [0.3, 0.4) is 0 Å². The van der Waals surface area contributed by atoms with Gasteiger partial charge in [0, 0.05) is 35.6 Å². The number of halogens is 3. The second-order valence-corrected chi connectivity index (χ2v) is 9.73. The third-order valence-electron chi connectivity index (χ3n) is 6.95. The molecule has 1 aromatic heterocycles. The summed E-state index contributed by atoms with van der Waals surface area (Å²) in [6.07, 6.45) is -2.06. The largest absolute Gasteiger partial charge is 0.457 e. The number of esters is 1. The van der Waals surface area contributed by atoms with Crippen molar-refractivity contribution in [2.24, 2.45) is 11.7 Å². The Hall–Kier alpha value is -5.14. The van der Waals surface area contributed by atoms with Crippen LogP contribution in [0.1, 0.15) is 41.7 Å². The topological polar surface area (TPSA) is 153 Å². The summed E-state index contributed by atoms with van der Waals surface area (Å²) in [7, 11) is 0. The lowest BCUT2D eigenvalue weighted by Gasteiger charge is -2.45. The molecule has 0 radical (unpaired) electrons. The monoisotopic (exact) mass is 583 g/mol. The number of benzene rings is 2. The van der Waals surface area contributed by atoms with Crippen LogP contribution in [0.4, 0.5) is 39.8 Å². The molecule has 0 spiro atoms. The van der Waals surface area contributed by atoms with E-state index in [2.05, 4.69) is 20.4 Å². The highest BCUT2D eigenvalue weighted by Crippen LogP contribution is 2.44. The van der Waals surface area contributed by atoms with Gasteiger partial charge in [0.05, 0.1) is 11.3 Å². The number of primary amides is 1. The standard InChI is InChI=1S/C28H24F3N5O6/c29-28(30,31)21-13-17(5-10-23(21)36-18-6-1-15(2-7-18)24(36)37)35-27(40)34-16-3-8-19(9-4-16)41-20-11-12-33-22(14-20)25(38)42-26(32)39/h3-5,8-15,18H,1-2,6-7H2,(H2,32,39)(H2,34,35,40). The van der Waals surface area contributed by atoms with Gasteiger partial charge >= 0.3 is 24.3 Å². The highest BCUT2D eigenvalue weighted by molar-refractivity contribution is 6.01. The van der Waals surface area contributed by atoms with Crippen molar-refractivity contribution in [3.8, 4) is 11.5 Å². The van der Waals surface area contributed by atoms with E-state index >= 15 is 0 Å². The summed E-state index contributed by atoms with van der Waals surface area (Å²) >= 11 is 0. The number of nitrogens with one attached hydrogen (secondary N) is 2. The van der Waals surface area contributed by atoms with Crippen LogP contribution < -0.4 is 26.0 Å². The normalized spacial score (nSPS) is 17.9. The molecule has 2 saturated heterocycles. The van der Waals surface area contributed by atoms with Crippen LogP contribution in [0.25, 0.3) is 0 Å². The van der Waals surface area contributed by atoms with Crippen LogP contribution in [0.5, 0.6) is 11.5 Å². The molecular formula is C28H24F3N5O6. The van der Waals surface area contributed by atoms with Crippen LogP contribution in [-0.4, -0.2) is 35.0 Å². The number of ether oxygens (including phenoxy) is 2. The molecule has 42 heavy (non-hydrogen) atoms. The molecule has 1 aliphatic carbocycles. The van der Waals surface area contributed by atoms with Crippen molar-refractivity contribution in [2.45, 2.75) is 37.9 Å². The van der Waals surface area contributed by atoms with Crippen molar-refractivity contribution >= 4 is 41.1 Å². The van der Waals surface area contributed by atoms with Gasteiger partial charge in [-0.15, -0.1) is 0 Å². The molecule has 6 rings (SSSR count). The molecule has 218 valence electrons. The zero-order valence-electron chi connectivity index (χ0n) is 21.8. The Kier molecular flexibility index (Phi) is 7.70. The maximum Gasteiger partial charge on any atom is 0.418 e. The number of carbonyl (C=O) groups excluding carboxylic acids is 4. The van der Waals surface area contributed by atoms with Crippen LogP contribution in [0, 0.1) is 5.92 Å². The number of urea groups is 1. The predicted molar refractivity (Wildman–Crippen MR) is 143 cm³/mol. The number of alkyl halides is 3. The van der Waals surface area contributed by atoms with Gasteiger partial charge in [-0.2, -0.15) is 13.2 Å². The van der Waals surface area contributed by atoms with Crippen molar-refractivity contribution in [3.63, 3.8) is 0 Å². The number of anilines is 3. The summed E-state index contributed by atoms with van der Waals surface area (Å²) in [6, 6.07) is 11.0. The second kappa shape index (κ2) is 11.4. The van der Waals surface area contributed by atoms with Crippen molar-refractivity contribution < 1.29 is 41.8 Å². The number of fused-ring (bicyclic) bond motifs is 3. The van der Waals surface area contributed by atoms with Gasteiger partial charge in [0.2, 0.25) is 5.91 Å². The number of pyridine rings is 1. The first-order valence-corrected chi connectivity index (χ1v) is 12.9. The van der Waals surface area contributed by atoms with E-state index in [0.29, 0.717) is 37.1 Å². The lowest BCUT2D eigenvalue weighted by molar-refractivity contribution is -0.137. The zero-order valence-corrected chi connectivity index (χ0v) is 21.8. The molecule has 4 amide bonds. The van der Waals surface area contributed by atoms with Crippen molar-refractivity contribution in [2.75, 3.05) is 15.5 Å². The van der Waals surface area contributed by atoms with Gasteiger partial charge in [0.1, 0.15) is 11.5 Å². The SMILES string of the molecule is NC(=O)OC(=O)c1cc(Oc2ccc(NC(=O)Nc3ccc(N4C(=O)C5CCC4CC5)c(C(F)(F)F)c3)cc2)ccn1. The second-order valence-electron chi connectivity index (χ2n) is 9.73. The number of aromatic nitrogens is 1. The van der Waals surface area contributed by atoms with E-state index in [4.69, 9.17) is 10.5 Å². The minimum atomic E-state index is -4.74. The summed E-state index contributed by atoms with van der Waals surface area (Å²) in [5.74, 6) is -1.09. The Balaban J connectivity index is 1.24. The molecule has 0 atom stereocenters. The molecule has 3 aliphatic rings. The maximum absolute atomic E-state index is 14.0. The summed E-state index contributed by atoms with van der Waals surface area (Å²) in [6.45, 7) is 0. The molecule has 3 aromatic rings. The van der Waals surface area contributed by atoms with Gasteiger partial charge in [-0.1, -0.05) is 0 Å². The van der Waals surface area contributed by atoms with Crippen LogP contribution in [0.15, 0.2) is 60.8 Å². The molecule has 3 fully saturated rings. The number of nitrogens with zero attached hydrogens (tertiary/aromatic N) is 2. The van der Waals surface area contributed by atoms with Gasteiger partial charge in [-0.25, -0.2) is 19.4 Å². The Bertz CT molecular complexity index is 1540. The van der Waals surface area contributed by atoms with Crippen molar-refractivity contribution in [3.05, 3.63) is 72.1 Å². The van der Waals surface area contributed by atoms with E-state index in [1.54, 1.807) is 0 Å². The smallest absolute Gasteiger partial charge is 0.418 e. The fraction of sp³-hybridized carbons (Fsp3) is 0.250. The van der Waals surface area contributed by atoms with E-state index in [0.717, 1.165) is 6.07 Å². The number of hydrogen-bond donors (Lipinski definition) is 3. The molecule has 2 bridgehead atoms. The molecular weight excluding hydrogens is 559 g/mol. The number of carbonyl (C=O) groups is 4. The Morgan fingerprint density at radius 1 is 0.905 bits per heavy atom. The molecule has 0 unspecified atom stereocenters. The molecule has 11 nitrogen and oxygen atoms in total. The van der Waals surface area contributed by atoms with Gasteiger partial charge in [0.25, 0.3) is 0 Å². The number of piperidine rings is 2.